The topological polar surface area (TPSA) is 122 Å². The Hall–Kier alpha value is -4.39. The van der Waals surface area contributed by atoms with E-state index in [9.17, 15) is 31.2 Å². The van der Waals surface area contributed by atoms with E-state index in [4.69, 9.17) is 5.73 Å². The summed E-state index contributed by atoms with van der Waals surface area (Å²) in [5.41, 5.74) is 6.48. The lowest BCUT2D eigenvalue weighted by molar-refractivity contribution is -0.199. The van der Waals surface area contributed by atoms with Crippen molar-refractivity contribution in [2.75, 3.05) is 17.8 Å². The Labute approximate surface area is 215 Å². The highest BCUT2D eigenvalue weighted by Crippen LogP contribution is 2.40. The van der Waals surface area contributed by atoms with Gasteiger partial charge in [-0.25, -0.2) is 18.2 Å². The van der Waals surface area contributed by atoms with Gasteiger partial charge in [-0.2, -0.15) is 13.2 Å². The molecule has 38 heavy (non-hydrogen) atoms. The number of guanidine groups is 1. The van der Waals surface area contributed by atoms with Gasteiger partial charge in [0, 0.05) is 7.05 Å². The third kappa shape index (κ3) is 4.79. The van der Waals surface area contributed by atoms with E-state index in [2.05, 4.69) is 9.83 Å². The van der Waals surface area contributed by atoms with Crippen LogP contribution in [0.25, 0.3) is 11.1 Å². The minimum atomic E-state index is -5.39. The van der Waals surface area contributed by atoms with E-state index in [0.717, 1.165) is 0 Å². The maximum absolute atomic E-state index is 13.4. The lowest BCUT2D eigenvalue weighted by Gasteiger charge is -2.26. The van der Waals surface area contributed by atoms with Gasteiger partial charge < -0.3 is 10.6 Å². The van der Waals surface area contributed by atoms with Crippen LogP contribution in [0.2, 0.25) is 0 Å². The molecule has 0 bridgehead atoms. The molecule has 1 heterocycles. The summed E-state index contributed by atoms with van der Waals surface area (Å²) in [6, 6.07) is 21.0. The van der Waals surface area contributed by atoms with Crippen LogP contribution in [0.4, 0.5) is 18.9 Å². The number of hydrogen-bond acceptors (Lipinski definition) is 7. The van der Waals surface area contributed by atoms with Gasteiger partial charge in [-0.05, 0) is 40.5 Å². The lowest BCUT2D eigenvalue weighted by atomic mass is 9.82. The van der Waals surface area contributed by atoms with Gasteiger partial charge in [0.15, 0.2) is 11.5 Å². The van der Waals surface area contributed by atoms with E-state index in [0.29, 0.717) is 28.5 Å². The van der Waals surface area contributed by atoms with Crippen molar-refractivity contribution in [2.24, 2.45) is 10.7 Å². The average molecular weight is 547 g/mol. The molecule has 0 spiro atoms. The number of rotatable bonds is 6. The molecule has 0 saturated heterocycles. The van der Waals surface area contributed by atoms with Crippen molar-refractivity contribution < 1.29 is 36.0 Å². The molecule has 3 aromatic carbocycles. The van der Waals surface area contributed by atoms with Gasteiger partial charge in [0.25, 0.3) is 15.9 Å². The summed E-state index contributed by atoms with van der Waals surface area (Å²) in [7, 11) is -2.88. The summed E-state index contributed by atoms with van der Waals surface area (Å²) in [6.07, 6.45) is -4.80. The van der Waals surface area contributed by atoms with E-state index in [-0.39, 0.29) is 22.0 Å². The first kappa shape index (κ1) is 26.7. The van der Waals surface area contributed by atoms with E-state index >= 15 is 0 Å². The predicted octanol–water partition coefficient (Wildman–Crippen LogP) is 3.17. The molecule has 0 aromatic heterocycles. The van der Waals surface area contributed by atoms with Crippen molar-refractivity contribution >= 4 is 33.5 Å². The number of halogens is 3. The molecule has 1 unspecified atom stereocenters. The first-order valence-corrected chi connectivity index (χ1v) is 12.8. The van der Waals surface area contributed by atoms with Crippen molar-refractivity contribution in [2.45, 2.75) is 11.7 Å². The largest absolute Gasteiger partial charge is 0.493 e. The number of nitrogens with two attached hydrogens (primary N) is 1. The van der Waals surface area contributed by atoms with Crippen LogP contribution < -0.4 is 10.2 Å². The quantitative estimate of drug-likeness (QED) is 0.474. The standard InChI is InChI=1S/C25H21F3N4O5S/c1-31-21(33)24(30-23(31)29,18-8-4-3-5-9-18)19-10-6-7-17(15-19)16-11-13-20(14-12-16)32(38(2,35)36)37-22(34)25(26,27)28/h3-15H,1-2H3,(H2,29,30). The second-order valence-electron chi connectivity index (χ2n) is 8.40. The average Bonchev–Trinajstić information content (AvgIpc) is 3.11. The first-order chi connectivity index (χ1) is 17.7. The van der Waals surface area contributed by atoms with Gasteiger partial charge in [-0.3, -0.25) is 9.69 Å². The van der Waals surface area contributed by atoms with Crippen LogP contribution in [-0.4, -0.2) is 50.6 Å². The van der Waals surface area contributed by atoms with Crippen LogP contribution in [0.15, 0.2) is 83.9 Å². The monoisotopic (exact) mass is 546 g/mol. The van der Waals surface area contributed by atoms with Crippen LogP contribution in [0, 0.1) is 0 Å². The van der Waals surface area contributed by atoms with Crippen molar-refractivity contribution in [3.8, 4) is 11.1 Å². The molecule has 1 aliphatic rings. The smallest absolute Gasteiger partial charge is 0.369 e. The summed E-state index contributed by atoms with van der Waals surface area (Å²) in [5.74, 6) is -3.00. The number of amides is 1. The molecular formula is C25H21F3N4O5S. The number of hydrogen-bond donors (Lipinski definition) is 1. The minimum Gasteiger partial charge on any atom is -0.369 e. The van der Waals surface area contributed by atoms with Crippen molar-refractivity contribution in [1.82, 2.24) is 4.90 Å². The molecule has 0 radical (unpaired) electrons. The van der Waals surface area contributed by atoms with Gasteiger partial charge in [0.1, 0.15) is 0 Å². The molecule has 0 aliphatic carbocycles. The first-order valence-electron chi connectivity index (χ1n) is 10.9. The Balaban J connectivity index is 1.74. The number of nitrogens with zero attached hydrogens (tertiary/aromatic N) is 3. The fraction of sp³-hybridized carbons (Fsp3) is 0.160. The SMILES string of the molecule is CN1C(=O)C(c2ccccc2)(c2cccc(-c3ccc(N(OC(=O)C(F)(F)F)S(C)(=O)=O)cc3)c2)N=C1N. The summed E-state index contributed by atoms with van der Waals surface area (Å²) >= 11 is 0. The molecule has 0 saturated carbocycles. The van der Waals surface area contributed by atoms with Crippen LogP contribution in [0.3, 0.4) is 0 Å². The minimum absolute atomic E-state index is 0.0443. The Kier molecular flexibility index (Phi) is 6.66. The van der Waals surface area contributed by atoms with Gasteiger partial charge >= 0.3 is 12.1 Å². The molecule has 2 N–H and O–H groups in total. The second-order valence-corrected chi connectivity index (χ2v) is 10.2. The summed E-state index contributed by atoms with van der Waals surface area (Å²) < 4.78 is 61.9. The Bertz CT molecular complexity index is 1530. The van der Waals surface area contributed by atoms with Crippen LogP contribution in [0.1, 0.15) is 11.1 Å². The molecule has 1 amide bonds. The van der Waals surface area contributed by atoms with Crippen molar-refractivity contribution in [3.63, 3.8) is 0 Å². The molecule has 1 aliphatic heterocycles. The fourth-order valence-corrected chi connectivity index (χ4v) is 4.71. The van der Waals surface area contributed by atoms with Gasteiger partial charge in [0.05, 0.1) is 11.9 Å². The number of carbonyl (C=O) groups excluding carboxylic acids is 2. The van der Waals surface area contributed by atoms with E-state index in [1.165, 1.54) is 36.2 Å². The van der Waals surface area contributed by atoms with Gasteiger partial charge in [-0.1, -0.05) is 65.1 Å². The predicted molar refractivity (Wildman–Crippen MR) is 133 cm³/mol. The van der Waals surface area contributed by atoms with Crippen LogP contribution in [-0.2, 0) is 30.0 Å². The Morgan fingerprint density at radius 1 is 0.974 bits per heavy atom. The van der Waals surface area contributed by atoms with E-state index in [1.807, 2.05) is 0 Å². The second kappa shape index (κ2) is 9.49. The van der Waals surface area contributed by atoms with Gasteiger partial charge in [-0.15, -0.1) is 0 Å². The molecular weight excluding hydrogens is 525 g/mol. The third-order valence-corrected chi connectivity index (χ3v) is 6.71. The molecule has 0 fully saturated rings. The number of anilines is 1. The Morgan fingerprint density at radius 2 is 1.58 bits per heavy atom. The number of sulfonamides is 1. The molecule has 4 rings (SSSR count). The Morgan fingerprint density at radius 3 is 2.11 bits per heavy atom. The highest BCUT2D eigenvalue weighted by molar-refractivity contribution is 7.91. The zero-order chi connectivity index (χ0) is 27.9. The number of alkyl halides is 3. The van der Waals surface area contributed by atoms with Crippen LogP contribution in [0.5, 0.6) is 0 Å². The van der Waals surface area contributed by atoms with E-state index in [1.54, 1.807) is 54.6 Å². The molecule has 1 atom stereocenters. The summed E-state index contributed by atoms with van der Waals surface area (Å²) in [5, 5.41) is 0. The fourth-order valence-electron chi connectivity index (χ4n) is 4.00. The maximum atomic E-state index is 13.4. The lowest BCUT2D eigenvalue weighted by Crippen LogP contribution is -2.41. The van der Waals surface area contributed by atoms with Gasteiger partial charge in [0.2, 0.25) is 0 Å². The van der Waals surface area contributed by atoms with Crippen molar-refractivity contribution in [3.05, 3.63) is 90.0 Å². The third-order valence-electron chi connectivity index (χ3n) is 5.82. The summed E-state index contributed by atoms with van der Waals surface area (Å²) in [6.45, 7) is 0. The maximum Gasteiger partial charge on any atom is 0.493 e. The van der Waals surface area contributed by atoms with Crippen LogP contribution >= 0.6 is 0 Å². The zero-order valence-corrected chi connectivity index (χ0v) is 20.8. The number of benzene rings is 3. The molecule has 9 nitrogen and oxygen atoms in total. The number of aliphatic imine (C=N–C) groups is 1. The molecule has 198 valence electrons. The normalized spacial score (nSPS) is 17.8. The highest BCUT2D eigenvalue weighted by atomic mass is 32.2. The zero-order valence-electron chi connectivity index (χ0n) is 20.0. The van der Waals surface area contributed by atoms with E-state index < -0.39 is 27.7 Å². The van der Waals surface area contributed by atoms with Crippen molar-refractivity contribution in [1.29, 1.82) is 0 Å². The number of carbonyl (C=O) groups is 2. The molecule has 3 aromatic rings. The highest BCUT2D eigenvalue weighted by Gasteiger charge is 2.49. The summed E-state index contributed by atoms with van der Waals surface area (Å²) in [4.78, 5) is 34.6. The molecule has 13 heteroatoms. The number of likely N-dealkylation sites (N-methyl/N-ethyl adjacent to an activating group) is 1.